The number of aryl methyl sites for hydroxylation is 1. The van der Waals surface area contributed by atoms with Crippen molar-refractivity contribution >= 4 is 27.5 Å². The van der Waals surface area contributed by atoms with Crippen LogP contribution < -0.4 is 10.1 Å². The Hall–Kier alpha value is -1.89. The molecule has 0 atom stereocenters. The fraction of sp³-hybridized carbons (Fsp3) is 0.154. The quantitative estimate of drug-likeness (QED) is 0.919. The third-order valence-corrected chi connectivity index (χ3v) is 2.98. The summed E-state index contributed by atoms with van der Waals surface area (Å²) in [6.45, 7) is -2.86. The summed E-state index contributed by atoms with van der Waals surface area (Å²) in [6.07, 6.45) is 1.76. The number of alkyl halides is 2. The van der Waals surface area contributed by atoms with Crippen LogP contribution in [0.3, 0.4) is 0 Å². The van der Waals surface area contributed by atoms with Gasteiger partial charge in [0.05, 0.1) is 0 Å². The predicted octanol–water partition coefficient (Wildman–Crippen LogP) is 3.64. The van der Waals surface area contributed by atoms with Crippen LogP contribution in [-0.2, 0) is 7.05 Å². The van der Waals surface area contributed by atoms with Crippen molar-refractivity contribution in [2.24, 2.45) is 7.05 Å². The van der Waals surface area contributed by atoms with Gasteiger partial charge in [0.25, 0.3) is 5.91 Å². The van der Waals surface area contributed by atoms with Gasteiger partial charge in [0.1, 0.15) is 11.4 Å². The molecule has 1 N–H and O–H groups in total. The second-order valence-electron chi connectivity index (χ2n) is 4.01. The molecular weight excluding hydrogens is 334 g/mol. The fourth-order valence-corrected chi connectivity index (χ4v) is 2.19. The van der Waals surface area contributed by atoms with Crippen LogP contribution in [0, 0.1) is 0 Å². The lowest BCUT2D eigenvalue weighted by Gasteiger charge is -2.08. The number of halogens is 3. The molecule has 20 heavy (non-hydrogen) atoms. The monoisotopic (exact) mass is 344 g/mol. The van der Waals surface area contributed by atoms with Crippen molar-refractivity contribution in [3.8, 4) is 5.75 Å². The van der Waals surface area contributed by atoms with E-state index in [2.05, 4.69) is 26.0 Å². The Morgan fingerprint density at radius 2 is 2.00 bits per heavy atom. The lowest BCUT2D eigenvalue weighted by molar-refractivity contribution is -0.0498. The van der Waals surface area contributed by atoms with Crippen LogP contribution in [0.5, 0.6) is 5.75 Å². The molecule has 4 nitrogen and oxygen atoms in total. The van der Waals surface area contributed by atoms with Gasteiger partial charge < -0.3 is 14.6 Å². The Bertz CT molecular complexity index is 611. The van der Waals surface area contributed by atoms with E-state index in [1.54, 1.807) is 23.9 Å². The van der Waals surface area contributed by atoms with Gasteiger partial charge in [-0.25, -0.2) is 0 Å². The number of nitrogens with one attached hydrogen (secondary N) is 1. The van der Waals surface area contributed by atoms with E-state index in [0.29, 0.717) is 11.4 Å². The van der Waals surface area contributed by atoms with Gasteiger partial charge in [-0.3, -0.25) is 4.79 Å². The highest BCUT2D eigenvalue weighted by atomic mass is 79.9. The molecule has 0 saturated carbocycles. The van der Waals surface area contributed by atoms with Crippen molar-refractivity contribution in [3.63, 3.8) is 0 Å². The van der Waals surface area contributed by atoms with Gasteiger partial charge in [-0.05, 0) is 46.3 Å². The first-order valence-electron chi connectivity index (χ1n) is 5.64. The molecule has 0 spiro atoms. The molecule has 1 amide bonds. The van der Waals surface area contributed by atoms with Gasteiger partial charge in [-0.2, -0.15) is 8.78 Å². The predicted molar refractivity (Wildman–Crippen MR) is 74.1 cm³/mol. The number of benzene rings is 1. The summed E-state index contributed by atoms with van der Waals surface area (Å²) in [4.78, 5) is 12.0. The molecule has 106 valence electrons. The Kier molecular flexibility index (Phi) is 4.39. The lowest BCUT2D eigenvalue weighted by Crippen LogP contribution is -2.15. The molecule has 0 radical (unpaired) electrons. The van der Waals surface area contributed by atoms with Gasteiger partial charge in [0, 0.05) is 23.4 Å². The van der Waals surface area contributed by atoms with E-state index < -0.39 is 6.61 Å². The van der Waals surface area contributed by atoms with Crippen LogP contribution in [0.1, 0.15) is 10.5 Å². The number of anilines is 1. The zero-order chi connectivity index (χ0) is 14.7. The standard InChI is InChI=1S/C13H11BrF2N2O2/c1-18-7-8(14)6-11(18)12(19)17-9-2-4-10(5-3-9)20-13(15)16/h2-7,13H,1H3,(H,17,19). The summed E-state index contributed by atoms with van der Waals surface area (Å²) >= 11 is 3.28. The number of carbonyl (C=O) groups excluding carboxylic acids is 1. The summed E-state index contributed by atoms with van der Waals surface area (Å²) in [5.74, 6) is -0.250. The fourth-order valence-electron chi connectivity index (χ4n) is 1.66. The number of amides is 1. The highest BCUT2D eigenvalue weighted by Gasteiger charge is 2.11. The van der Waals surface area contributed by atoms with Crippen LogP contribution >= 0.6 is 15.9 Å². The van der Waals surface area contributed by atoms with Crippen molar-refractivity contribution in [2.45, 2.75) is 6.61 Å². The third-order valence-electron chi connectivity index (χ3n) is 2.54. The topological polar surface area (TPSA) is 43.3 Å². The molecule has 0 aliphatic rings. The van der Waals surface area contributed by atoms with E-state index in [9.17, 15) is 13.6 Å². The molecule has 2 aromatic rings. The summed E-state index contributed by atoms with van der Waals surface area (Å²) in [5, 5.41) is 2.67. The molecule has 0 aliphatic heterocycles. The maximum atomic E-state index is 12.0. The summed E-state index contributed by atoms with van der Waals surface area (Å²) < 4.78 is 30.7. The first kappa shape index (κ1) is 14.5. The minimum absolute atomic E-state index is 0.0413. The number of ether oxygens (including phenoxy) is 1. The molecule has 0 unspecified atom stereocenters. The second kappa shape index (κ2) is 6.04. The van der Waals surface area contributed by atoms with Gasteiger partial charge in [0.15, 0.2) is 0 Å². The number of nitrogens with zero attached hydrogens (tertiary/aromatic N) is 1. The summed E-state index contributed by atoms with van der Waals surface area (Å²) in [5.41, 5.74) is 0.971. The minimum atomic E-state index is -2.86. The highest BCUT2D eigenvalue weighted by molar-refractivity contribution is 9.10. The molecule has 7 heteroatoms. The Morgan fingerprint density at radius 3 is 2.50 bits per heavy atom. The van der Waals surface area contributed by atoms with Crippen LogP contribution in [0.15, 0.2) is 41.0 Å². The average Bonchev–Trinajstić information content (AvgIpc) is 2.70. The number of carbonyl (C=O) groups is 1. The van der Waals surface area contributed by atoms with E-state index in [0.717, 1.165) is 4.47 Å². The number of hydrogen-bond acceptors (Lipinski definition) is 2. The zero-order valence-corrected chi connectivity index (χ0v) is 12.0. The van der Waals surface area contributed by atoms with E-state index in [-0.39, 0.29) is 11.7 Å². The smallest absolute Gasteiger partial charge is 0.387 e. The Labute approximate surface area is 122 Å². The second-order valence-corrected chi connectivity index (χ2v) is 4.93. The average molecular weight is 345 g/mol. The molecule has 0 saturated heterocycles. The van der Waals surface area contributed by atoms with Gasteiger partial charge in [0.2, 0.25) is 0 Å². The largest absolute Gasteiger partial charge is 0.435 e. The Balaban J connectivity index is 2.06. The number of hydrogen-bond donors (Lipinski definition) is 1. The van der Waals surface area contributed by atoms with Gasteiger partial charge >= 0.3 is 6.61 Å². The molecule has 0 bridgehead atoms. The van der Waals surface area contributed by atoms with Crippen molar-refractivity contribution in [2.75, 3.05) is 5.32 Å². The first-order valence-corrected chi connectivity index (χ1v) is 6.43. The molecule has 0 aliphatic carbocycles. The number of rotatable bonds is 4. The SMILES string of the molecule is Cn1cc(Br)cc1C(=O)Nc1ccc(OC(F)F)cc1. The molecule has 0 fully saturated rings. The van der Waals surface area contributed by atoms with Crippen molar-refractivity contribution < 1.29 is 18.3 Å². The van der Waals surface area contributed by atoms with Crippen LogP contribution in [-0.4, -0.2) is 17.1 Å². The Morgan fingerprint density at radius 1 is 1.35 bits per heavy atom. The maximum Gasteiger partial charge on any atom is 0.387 e. The number of aromatic nitrogens is 1. The van der Waals surface area contributed by atoms with Gasteiger partial charge in [-0.1, -0.05) is 0 Å². The summed E-state index contributed by atoms with van der Waals surface area (Å²) in [6, 6.07) is 7.40. The third kappa shape index (κ3) is 3.57. The van der Waals surface area contributed by atoms with E-state index in [4.69, 9.17) is 0 Å². The lowest BCUT2D eigenvalue weighted by atomic mass is 10.3. The van der Waals surface area contributed by atoms with Crippen molar-refractivity contribution in [1.82, 2.24) is 4.57 Å². The van der Waals surface area contributed by atoms with Gasteiger partial charge in [-0.15, -0.1) is 0 Å². The molecule has 1 aromatic carbocycles. The van der Waals surface area contributed by atoms with E-state index in [1.165, 1.54) is 24.3 Å². The van der Waals surface area contributed by atoms with Crippen molar-refractivity contribution in [1.29, 1.82) is 0 Å². The molecule has 2 rings (SSSR count). The molecule has 1 heterocycles. The summed E-state index contributed by atoms with van der Waals surface area (Å²) in [7, 11) is 1.75. The molecular formula is C13H11BrF2N2O2. The van der Waals surface area contributed by atoms with E-state index >= 15 is 0 Å². The van der Waals surface area contributed by atoms with Crippen molar-refractivity contribution in [3.05, 3.63) is 46.7 Å². The minimum Gasteiger partial charge on any atom is -0.435 e. The molecule has 1 aromatic heterocycles. The highest BCUT2D eigenvalue weighted by Crippen LogP contribution is 2.19. The van der Waals surface area contributed by atoms with E-state index in [1.807, 2.05) is 0 Å². The van der Waals surface area contributed by atoms with Crippen LogP contribution in [0.25, 0.3) is 0 Å². The van der Waals surface area contributed by atoms with Crippen LogP contribution in [0.2, 0.25) is 0 Å². The maximum absolute atomic E-state index is 12.0. The zero-order valence-electron chi connectivity index (χ0n) is 10.4. The first-order chi connectivity index (χ1) is 9.45. The van der Waals surface area contributed by atoms with Crippen LogP contribution in [0.4, 0.5) is 14.5 Å². The normalized spacial score (nSPS) is 10.7.